The van der Waals surface area contributed by atoms with Crippen LogP contribution in [0.15, 0.2) is 79.9 Å². The van der Waals surface area contributed by atoms with Crippen LogP contribution in [0.1, 0.15) is 51.1 Å². The number of methoxy groups -OCH3 is 1. The largest absolute Gasteiger partial charge is 0.497 e. The maximum atomic E-state index is 14.8. The van der Waals surface area contributed by atoms with Gasteiger partial charge in [-0.15, -0.1) is 13.2 Å². The third-order valence-electron chi connectivity index (χ3n) is 10.0. The van der Waals surface area contributed by atoms with Gasteiger partial charge in [0, 0.05) is 18.7 Å². The molecule has 0 aliphatic carbocycles. The van der Waals surface area contributed by atoms with Gasteiger partial charge in [0.1, 0.15) is 24.0 Å². The Morgan fingerprint density at radius 1 is 1.12 bits per heavy atom. The molecule has 0 radical (unpaired) electrons. The monoisotopic (exact) mass is 673 g/mol. The first-order valence-electron chi connectivity index (χ1n) is 16.9. The van der Waals surface area contributed by atoms with Crippen molar-refractivity contribution in [1.29, 1.82) is 0 Å². The molecule has 3 fully saturated rings. The number of nitrogens with one attached hydrogen (secondary N) is 1. The maximum absolute atomic E-state index is 14.8. The summed E-state index contributed by atoms with van der Waals surface area (Å²) in [5.74, 6) is -3.04. The lowest BCUT2D eigenvalue weighted by atomic mass is 9.70. The summed E-state index contributed by atoms with van der Waals surface area (Å²) in [6.07, 6.45) is 4.16. The molecule has 3 aliphatic rings. The molecule has 5 rings (SSSR count). The highest BCUT2D eigenvalue weighted by Gasteiger charge is 2.75. The zero-order chi connectivity index (χ0) is 35.3. The van der Waals surface area contributed by atoms with Crippen molar-refractivity contribution < 1.29 is 38.5 Å². The number of allylic oxidation sites excluding steroid dienone is 1. The van der Waals surface area contributed by atoms with Crippen molar-refractivity contribution in [2.75, 3.05) is 31.8 Å². The first-order chi connectivity index (χ1) is 23.6. The molecule has 0 unspecified atom stereocenters. The topological polar surface area (TPSA) is 135 Å². The second-order valence-corrected chi connectivity index (χ2v) is 13.2. The van der Waals surface area contributed by atoms with Crippen LogP contribution in [0.25, 0.3) is 0 Å². The molecule has 7 atom stereocenters. The Morgan fingerprint density at radius 2 is 1.84 bits per heavy atom. The molecule has 3 aliphatic heterocycles. The number of rotatable bonds is 16. The number of aliphatic hydroxyl groups excluding tert-OH is 1. The Kier molecular flexibility index (Phi) is 11.2. The Hall–Kier alpha value is -4.48. The van der Waals surface area contributed by atoms with E-state index in [0.717, 1.165) is 5.56 Å². The van der Waals surface area contributed by atoms with E-state index in [1.807, 2.05) is 44.2 Å². The number of fused-ring (bicyclic) bond motifs is 1. The van der Waals surface area contributed by atoms with E-state index in [9.17, 15) is 24.3 Å². The van der Waals surface area contributed by atoms with Gasteiger partial charge in [-0.2, -0.15) is 0 Å². The minimum absolute atomic E-state index is 0.0979. The average molecular weight is 674 g/mol. The molecule has 11 nitrogen and oxygen atoms in total. The number of hydrogen-bond acceptors (Lipinski definition) is 8. The first-order valence-corrected chi connectivity index (χ1v) is 16.9. The number of benzene rings is 2. The summed E-state index contributed by atoms with van der Waals surface area (Å²) < 4.78 is 17.5. The third-order valence-corrected chi connectivity index (χ3v) is 10.0. The van der Waals surface area contributed by atoms with Gasteiger partial charge in [-0.05, 0) is 55.0 Å². The number of nitrogens with zero attached hydrogens (tertiary/aromatic N) is 2. The van der Waals surface area contributed by atoms with E-state index in [2.05, 4.69) is 18.5 Å². The number of hydrogen-bond donors (Lipinski definition) is 2. The summed E-state index contributed by atoms with van der Waals surface area (Å²) in [5, 5.41) is 13.6. The Balaban J connectivity index is 1.49. The minimum Gasteiger partial charge on any atom is -0.497 e. The van der Waals surface area contributed by atoms with Crippen LogP contribution >= 0.6 is 0 Å². The highest BCUT2D eigenvalue weighted by molar-refractivity contribution is 6.05. The first kappa shape index (κ1) is 35.8. The number of likely N-dealkylation sites (tertiary alicyclic amines) is 1. The lowest BCUT2D eigenvalue weighted by molar-refractivity contribution is -0.147. The highest BCUT2D eigenvalue weighted by atomic mass is 16.5. The van der Waals surface area contributed by atoms with Crippen LogP contribution in [0.3, 0.4) is 0 Å². The molecule has 1 spiro atoms. The Bertz CT molecular complexity index is 1530. The molecule has 2 N–H and O–H groups in total. The number of ether oxygens (including phenoxy) is 3. The van der Waals surface area contributed by atoms with Crippen LogP contribution in [-0.2, 0) is 28.7 Å². The van der Waals surface area contributed by atoms with Crippen molar-refractivity contribution in [1.82, 2.24) is 10.2 Å². The minimum atomic E-state index is -1.28. The summed E-state index contributed by atoms with van der Waals surface area (Å²) in [7, 11) is 1.56. The number of carbonyl (C=O) groups excluding carboxylic acids is 4. The van der Waals surface area contributed by atoms with Gasteiger partial charge in [-0.25, -0.2) is 0 Å². The zero-order valence-electron chi connectivity index (χ0n) is 28.5. The van der Waals surface area contributed by atoms with Crippen LogP contribution < -0.4 is 15.0 Å². The van der Waals surface area contributed by atoms with Crippen molar-refractivity contribution >= 4 is 29.4 Å². The summed E-state index contributed by atoms with van der Waals surface area (Å²) in [6.45, 7) is 11.0. The molecule has 3 saturated heterocycles. The molecule has 2 aromatic carbocycles. The van der Waals surface area contributed by atoms with Crippen LogP contribution in [0.5, 0.6) is 5.75 Å². The fourth-order valence-corrected chi connectivity index (χ4v) is 7.65. The molecular formula is C38H47N3O8. The number of aliphatic hydroxyl groups is 1. The molecule has 49 heavy (non-hydrogen) atoms. The van der Waals surface area contributed by atoms with Crippen LogP contribution in [0, 0.1) is 17.8 Å². The predicted molar refractivity (Wildman–Crippen MR) is 183 cm³/mol. The van der Waals surface area contributed by atoms with Crippen LogP contribution in [0.2, 0.25) is 0 Å². The SMILES string of the molecule is C=CCCC(=O)OC[C@@H](NC(=O)[C@@H]1[C@H]2C(=O)N([C@@H](CO)C(C)C)[C@H](C(=O)N(CC=C)c3ccc(OC)cc3)[C@]23CC[C@H]1O3)c1ccccc1. The van der Waals surface area contributed by atoms with Gasteiger partial charge < -0.3 is 34.4 Å². The number of carbonyl (C=O) groups is 4. The lowest BCUT2D eigenvalue weighted by Gasteiger charge is -2.40. The van der Waals surface area contributed by atoms with E-state index < -0.39 is 59.5 Å². The van der Waals surface area contributed by atoms with E-state index in [0.29, 0.717) is 30.7 Å². The fraction of sp³-hybridized carbons (Fsp3) is 0.474. The van der Waals surface area contributed by atoms with E-state index in [1.165, 1.54) is 4.90 Å². The quantitative estimate of drug-likeness (QED) is 0.202. The van der Waals surface area contributed by atoms with Crippen molar-refractivity contribution in [3.05, 3.63) is 85.5 Å². The molecule has 2 aromatic rings. The van der Waals surface area contributed by atoms with E-state index in [1.54, 1.807) is 48.4 Å². The Morgan fingerprint density at radius 3 is 2.45 bits per heavy atom. The molecule has 0 aromatic heterocycles. The van der Waals surface area contributed by atoms with Gasteiger partial charge >= 0.3 is 5.97 Å². The number of amides is 3. The smallest absolute Gasteiger partial charge is 0.306 e. The standard InChI is InChI=1S/C38H47N3O8/c1-6-8-14-31(43)48-23-28(25-12-10-9-11-13-25)39-35(44)32-30-19-20-38(49-30)33(32)36(45)41(29(22-42)24(3)4)34(38)37(46)40(21-7-2)26-15-17-27(47-5)18-16-26/h6-7,9-13,15-18,24,28-30,32-34,42H,1-2,8,14,19-23H2,3-5H3,(H,39,44)/t28-,29+,30-,32+,33+,34-,38+/m1/s1. The van der Waals surface area contributed by atoms with Crippen LogP contribution in [0.4, 0.5) is 5.69 Å². The predicted octanol–water partition coefficient (Wildman–Crippen LogP) is 3.97. The summed E-state index contributed by atoms with van der Waals surface area (Å²) >= 11 is 0. The van der Waals surface area contributed by atoms with Crippen LogP contribution in [-0.4, -0.2) is 84.4 Å². The van der Waals surface area contributed by atoms with Gasteiger partial charge in [0.25, 0.3) is 5.91 Å². The van der Waals surface area contributed by atoms with Crippen molar-refractivity contribution in [3.8, 4) is 5.75 Å². The molecule has 0 saturated carbocycles. The van der Waals surface area contributed by atoms with Crippen molar-refractivity contribution in [2.24, 2.45) is 17.8 Å². The normalized spacial score (nSPS) is 25.0. The average Bonchev–Trinajstić information content (AvgIpc) is 3.76. The van der Waals surface area contributed by atoms with E-state index >= 15 is 0 Å². The second kappa shape index (κ2) is 15.4. The number of esters is 1. The number of anilines is 1. The fourth-order valence-electron chi connectivity index (χ4n) is 7.65. The third kappa shape index (κ3) is 6.87. The molecular weight excluding hydrogens is 626 g/mol. The van der Waals surface area contributed by atoms with Gasteiger partial charge in [-0.1, -0.05) is 56.3 Å². The zero-order valence-corrected chi connectivity index (χ0v) is 28.5. The van der Waals surface area contributed by atoms with Crippen molar-refractivity contribution in [3.63, 3.8) is 0 Å². The molecule has 3 amide bonds. The van der Waals surface area contributed by atoms with Gasteiger partial charge in [0.2, 0.25) is 11.8 Å². The molecule has 2 bridgehead atoms. The maximum Gasteiger partial charge on any atom is 0.306 e. The lowest BCUT2D eigenvalue weighted by Crippen LogP contribution is -2.59. The van der Waals surface area contributed by atoms with E-state index in [-0.39, 0.29) is 38.0 Å². The van der Waals surface area contributed by atoms with Gasteiger partial charge in [0.05, 0.1) is 43.7 Å². The van der Waals surface area contributed by atoms with Gasteiger partial charge in [-0.3, -0.25) is 19.2 Å². The van der Waals surface area contributed by atoms with Gasteiger partial charge in [0.15, 0.2) is 0 Å². The summed E-state index contributed by atoms with van der Waals surface area (Å²) in [5.41, 5.74) is 0.0329. The highest BCUT2D eigenvalue weighted by Crippen LogP contribution is 2.59. The molecule has 11 heteroatoms. The van der Waals surface area contributed by atoms with E-state index in [4.69, 9.17) is 14.2 Å². The summed E-state index contributed by atoms with van der Waals surface area (Å²) in [6, 6.07) is 13.7. The Labute approximate surface area is 287 Å². The van der Waals surface area contributed by atoms with Crippen molar-refractivity contribution in [2.45, 2.75) is 69.4 Å². The summed E-state index contributed by atoms with van der Waals surface area (Å²) in [4.78, 5) is 59.2. The molecule has 262 valence electrons. The second-order valence-electron chi connectivity index (χ2n) is 13.2. The molecule has 3 heterocycles.